The van der Waals surface area contributed by atoms with E-state index in [1.165, 1.54) is 6.92 Å². The molecule has 18 heavy (non-hydrogen) atoms. The highest BCUT2D eigenvalue weighted by atomic mass is 16.6. The maximum Gasteiger partial charge on any atom is 0.412 e. The Balaban J connectivity index is 2.83. The second-order valence-corrected chi connectivity index (χ2v) is 5.23. The van der Waals surface area contributed by atoms with Gasteiger partial charge in [-0.15, -0.1) is 0 Å². The van der Waals surface area contributed by atoms with Gasteiger partial charge in [-0.05, 0) is 33.3 Å². The molecule has 0 aromatic heterocycles. The lowest BCUT2D eigenvalue weighted by Gasteiger charge is -2.35. The van der Waals surface area contributed by atoms with E-state index in [2.05, 4.69) is 0 Å². The van der Waals surface area contributed by atoms with E-state index in [9.17, 15) is 4.79 Å². The number of nitrogens with zero attached hydrogens (tertiary/aromatic N) is 1. The molecule has 0 radical (unpaired) electrons. The summed E-state index contributed by atoms with van der Waals surface area (Å²) in [7, 11) is 0. The molecule has 0 saturated heterocycles. The third-order valence-electron chi connectivity index (χ3n) is 2.49. The summed E-state index contributed by atoms with van der Waals surface area (Å²) in [5.74, 6) is 0. The number of carbonyl (C=O) groups is 1. The predicted molar refractivity (Wildman–Crippen MR) is 69.9 cm³/mol. The zero-order chi connectivity index (χ0) is 13.8. The number of hydrogen-bond donors (Lipinski definition) is 1. The summed E-state index contributed by atoms with van der Waals surface area (Å²) in [5, 5.41) is 9.13. The van der Waals surface area contributed by atoms with E-state index in [0.717, 1.165) is 5.56 Å². The minimum atomic E-state index is -1.10. The minimum absolute atomic E-state index is 0.373. The van der Waals surface area contributed by atoms with Crippen LogP contribution in [0, 0.1) is 0 Å². The summed E-state index contributed by atoms with van der Waals surface area (Å²) in [5.41, 5.74) is 0.650. The molecule has 0 spiro atoms. The van der Waals surface area contributed by atoms with Crippen molar-refractivity contribution in [2.24, 2.45) is 0 Å². The molecule has 1 atom stereocenters. The Morgan fingerprint density at radius 2 is 1.89 bits per heavy atom. The van der Waals surface area contributed by atoms with Crippen LogP contribution in [-0.4, -0.2) is 27.9 Å². The summed E-state index contributed by atoms with van der Waals surface area (Å²) in [6.45, 7) is 7.66. The first-order valence-electron chi connectivity index (χ1n) is 6.01. The van der Waals surface area contributed by atoms with Crippen molar-refractivity contribution >= 4 is 6.09 Å². The van der Waals surface area contributed by atoms with Crippen LogP contribution in [0.2, 0.25) is 0 Å². The van der Waals surface area contributed by atoms with Gasteiger partial charge in [0.1, 0.15) is 0 Å². The van der Waals surface area contributed by atoms with Gasteiger partial charge in [-0.2, -0.15) is 0 Å². The summed E-state index contributed by atoms with van der Waals surface area (Å²) in [6, 6.07) is 9.69. The maximum atomic E-state index is 11.9. The van der Waals surface area contributed by atoms with Crippen LogP contribution in [-0.2, 0) is 11.3 Å². The van der Waals surface area contributed by atoms with Crippen molar-refractivity contribution in [2.75, 3.05) is 0 Å². The lowest BCUT2D eigenvalue weighted by Crippen LogP contribution is -2.46. The van der Waals surface area contributed by atoms with E-state index < -0.39 is 12.4 Å². The molecule has 4 heteroatoms. The van der Waals surface area contributed by atoms with Gasteiger partial charge >= 0.3 is 6.09 Å². The molecule has 0 fully saturated rings. The molecule has 0 aliphatic heterocycles. The number of hydrogen-bond acceptors (Lipinski definition) is 3. The topological polar surface area (TPSA) is 49.8 Å². The molecule has 0 unspecified atom stereocenters. The van der Waals surface area contributed by atoms with Crippen LogP contribution in [0.25, 0.3) is 0 Å². The van der Waals surface area contributed by atoms with Gasteiger partial charge in [-0.1, -0.05) is 30.3 Å². The highest BCUT2D eigenvalue weighted by Gasteiger charge is 2.28. The summed E-state index contributed by atoms with van der Waals surface area (Å²) in [6.07, 6.45) is -1.61. The summed E-state index contributed by atoms with van der Waals surface area (Å²) < 4.78 is 4.85. The van der Waals surface area contributed by atoms with E-state index in [1.54, 1.807) is 4.90 Å². The van der Waals surface area contributed by atoms with Gasteiger partial charge in [-0.25, -0.2) is 4.79 Å². The van der Waals surface area contributed by atoms with E-state index in [0.29, 0.717) is 6.54 Å². The van der Waals surface area contributed by atoms with Crippen LogP contribution in [0.4, 0.5) is 4.79 Å². The number of aliphatic hydroxyl groups excluding tert-OH is 1. The lowest BCUT2D eigenvalue weighted by molar-refractivity contribution is -0.0600. The number of ether oxygens (including phenoxy) is 1. The molecule has 4 nitrogen and oxygen atoms in total. The number of benzene rings is 1. The number of aliphatic hydroxyl groups is 1. The zero-order valence-corrected chi connectivity index (χ0v) is 11.4. The van der Waals surface area contributed by atoms with Gasteiger partial charge in [0.2, 0.25) is 0 Å². The molecular formula is C14H21NO3. The van der Waals surface area contributed by atoms with Crippen molar-refractivity contribution in [3.8, 4) is 0 Å². The average molecular weight is 251 g/mol. The normalized spacial score (nSPS) is 12.9. The summed E-state index contributed by atoms with van der Waals surface area (Å²) >= 11 is 0. The average Bonchev–Trinajstić information content (AvgIpc) is 2.24. The number of amides is 1. The molecule has 100 valence electrons. The fourth-order valence-electron chi connectivity index (χ4n) is 1.55. The predicted octanol–water partition coefficient (Wildman–Crippen LogP) is 2.76. The standard InChI is InChI=1S/C14H21NO3/c1-11(16)18-13(17)15(14(2,3)4)10-12-8-6-5-7-9-12/h5-9,11,16H,10H2,1-4H3/t11-/m0/s1. The monoisotopic (exact) mass is 251 g/mol. The smallest absolute Gasteiger partial charge is 0.412 e. The lowest BCUT2D eigenvalue weighted by atomic mass is 10.1. The highest BCUT2D eigenvalue weighted by Crippen LogP contribution is 2.19. The summed E-state index contributed by atoms with van der Waals surface area (Å²) in [4.78, 5) is 13.5. The van der Waals surface area contributed by atoms with Crippen LogP contribution in [0.15, 0.2) is 30.3 Å². The van der Waals surface area contributed by atoms with Crippen LogP contribution in [0.1, 0.15) is 33.3 Å². The highest BCUT2D eigenvalue weighted by molar-refractivity contribution is 5.68. The quantitative estimate of drug-likeness (QED) is 0.840. The Kier molecular flexibility index (Phi) is 4.73. The Hall–Kier alpha value is -1.55. The third-order valence-corrected chi connectivity index (χ3v) is 2.49. The molecule has 0 heterocycles. The van der Waals surface area contributed by atoms with Crippen LogP contribution >= 0.6 is 0 Å². The largest absolute Gasteiger partial charge is 0.420 e. The van der Waals surface area contributed by atoms with Crippen molar-refractivity contribution in [3.63, 3.8) is 0 Å². The first kappa shape index (κ1) is 14.5. The molecule has 0 aliphatic carbocycles. The molecule has 0 bridgehead atoms. The van der Waals surface area contributed by atoms with Gasteiger partial charge in [-0.3, -0.25) is 4.90 Å². The number of rotatable bonds is 3. The SMILES string of the molecule is C[C@@H](O)OC(=O)N(Cc1ccccc1)C(C)(C)C. The molecule has 1 N–H and O–H groups in total. The molecule has 1 amide bonds. The molecule has 0 aliphatic rings. The van der Waals surface area contributed by atoms with Crippen LogP contribution in [0.3, 0.4) is 0 Å². The van der Waals surface area contributed by atoms with E-state index in [-0.39, 0.29) is 5.54 Å². The molecule has 1 rings (SSSR count). The van der Waals surface area contributed by atoms with Crippen LogP contribution < -0.4 is 0 Å². The van der Waals surface area contributed by atoms with E-state index in [4.69, 9.17) is 9.84 Å². The molecule has 0 saturated carbocycles. The van der Waals surface area contributed by atoms with Gasteiger partial charge in [0.15, 0.2) is 6.29 Å². The Bertz CT molecular complexity index is 382. The Labute approximate surface area is 108 Å². The minimum Gasteiger partial charge on any atom is -0.420 e. The molecule has 1 aromatic rings. The van der Waals surface area contributed by atoms with Crippen molar-refractivity contribution in [1.82, 2.24) is 4.90 Å². The first-order chi connectivity index (χ1) is 8.30. The van der Waals surface area contributed by atoms with Crippen molar-refractivity contribution in [2.45, 2.75) is 46.1 Å². The third kappa shape index (κ3) is 4.37. The first-order valence-corrected chi connectivity index (χ1v) is 6.01. The fraction of sp³-hybridized carbons (Fsp3) is 0.500. The molecular weight excluding hydrogens is 230 g/mol. The van der Waals surface area contributed by atoms with Crippen molar-refractivity contribution in [3.05, 3.63) is 35.9 Å². The maximum absolute atomic E-state index is 11.9. The number of carbonyl (C=O) groups excluding carboxylic acids is 1. The Morgan fingerprint density at radius 3 is 2.33 bits per heavy atom. The van der Waals surface area contributed by atoms with E-state index in [1.807, 2.05) is 51.1 Å². The van der Waals surface area contributed by atoms with Crippen LogP contribution in [0.5, 0.6) is 0 Å². The molecule has 1 aromatic carbocycles. The van der Waals surface area contributed by atoms with Gasteiger partial charge in [0.25, 0.3) is 0 Å². The zero-order valence-electron chi connectivity index (χ0n) is 11.4. The van der Waals surface area contributed by atoms with Gasteiger partial charge in [0.05, 0.1) is 0 Å². The van der Waals surface area contributed by atoms with Gasteiger partial charge in [0, 0.05) is 12.1 Å². The second-order valence-electron chi connectivity index (χ2n) is 5.23. The van der Waals surface area contributed by atoms with E-state index >= 15 is 0 Å². The van der Waals surface area contributed by atoms with Crippen molar-refractivity contribution < 1.29 is 14.6 Å². The van der Waals surface area contributed by atoms with Crippen molar-refractivity contribution in [1.29, 1.82) is 0 Å². The second kappa shape index (κ2) is 5.87. The Morgan fingerprint density at radius 1 is 1.33 bits per heavy atom. The fourth-order valence-corrected chi connectivity index (χ4v) is 1.55. The van der Waals surface area contributed by atoms with Gasteiger partial charge < -0.3 is 9.84 Å².